The molecule has 1 radical (unpaired) electrons. The highest BCUT2D eigenvalue weighted by molar-refractivity contribution is 4.61. The van der Waals surface area contributed by atoms with Gasteiger partial charge in [0, 0.05) is 0 Å². The third-order valence-electron chi connectivity index (χ3n) is 5.43. The molecule has 0 aliphatic carbocycles. The van der Waals surface area contributed by atoms with Crippen molar-refractivity contribution < 1.29 is 0 Å². The molecule has 0 rings (SSSR count). The molecule has 24 heavy (non-hydrogen) atoms. The third-order valence-corrected chi connectivity index (χ3v) is 5.43. The van der Waals surface area contributed by atoms with E-state index in [2.05, 4.69) is 20.8 Å². The van der Waals surface area contributed by atoms with Crippen LogP contribution in [0.15, 0.2) is 0 Å². The topological polar surface area (TPSA) is 0 Å². The molecule has 0 heteroatoms. The second-order valence-electron chi connectivity index (χ2n) is 8.10. The largest absolute Gasteiger partial charge is 0.0654 e. The van der Waals surface area contributed by atoms with Crippen molar-refractivity contribution in [1.82, 2.24) is 0 Å². The predicted octanol–water partition coefficient (Wildman–Crippen LogP) is 9.28. The molecule has 0 saturated carbocycles. The van der Waals surface area contributed by atoms with Crippen molar-refractivity contribution >= 4 is 0 Å². The first kappa shape index (κ1) is 24.0. The number of hydrogen-bond donors (Lipinski definition) is 0. The normalized spacial score (nSPS) is 12.6. The summed E-state index contributed by atoms with van der Waals surface area (Å²) in [6, 6.07) is 0. The van der Waals surface area contributed by atoms with Gasteiger partial charge in [0.2, 0.25) is 0 Å². The Hall–Kier alpha value is 0. The van der Waals surface area contributed by atoms with Gasteiger partial charge in [0.15, 0.2) is 0 Å². The average Bonchev–Trinajstić information content (AvgIpc) is 2.59. The van der Waals surface area contributed by atoms with E-state index < -0.39 is 0 Å². The fourth-order valence-electron chi connectivity index (χ4n) is 3.62. The zero-order chi connectivity index (χ0) is 17.7. The van der Waals surface area contributed by atoms with Gasteiger partial charge in [0.05, 0.1) is 0 Å². The molecule has 0 nitrogen and oxygen atoms in total. The molecule has 0 aromatic carbocycles. The minimum atomic E-state index is 0.719. The Morgan fingerprint density at radius 2 is 0.708 bits per heavy atom. The maximum Gasteiger partial charge on any atom is -0.0414 e. The van der Waals surface area contributed by atoms with Crippen molar-refractivity contribution in [2.24, 2.45) is 5.92 Å². The van der Waals surface area contributed by atoms with Crippen LogP contribution in [0.1, 0.15) is 142 Å². The lowest BCUT2D eigenvalue weighted by atomic mass is 9.97. The third kappa shape index (κ3) is 20.0. The van der Waals surface area contributed by atoms with E-state index >= 15 is 0 Å². The number of unbranched alkanes of at least 4 members (excludes halogenated alkanes) is 16. The lowest BCUT2D eigenvalue weighted by Crippen LogP contribution is -1.94. The monoisotopic (exact) mass is 337 g/mol. The molecule has 0 N–H and O–H groups in total. The SMILES string of the molecule is [CH2]C(CCCC)CCCCCCCCCCCCCCCCCC. The van der Waals surface area contributed by atoms with Gasteiger partial charge in [0.25, 0.3) is 0 Å². The maximum absolute atomic E-state index is 4.28. The summed E-state index contributed by atoms with van der Waals surface area (Å²) >= 11 is 0. The molecule has 1 atom stereocenters. The van der Waals surface area contributed by atoms with Crippen LogP contribution in [-0.2, 0) is 0 Å². The number of rotatable bonds is 20. The molecule has 0 aromatic heterocycles. The van der Waals surface area contributed by atoms with Crippen molar-refractivity contribution in [1.29, 1.82) is 0 Å². The second-order valence-corrected chi connectivity index (χ2v) is 8.10. The van der Waals surface area contributed by atoms with Crippen molar-refractivity contribution in [2.75, 3.05) is 0 Å². The molecule has 0 aliphatic heterocycles. The lowest BCUT2D eigenvalue weighted by Gasteiger charge is -2.09. The quantitative estimate of drug-likeness (QED) is 0.194. The van der Waals surface area contributed by atoms with Crippen LogP contribution in [-0.4, -0.2) is 0 Å². The first-order valence-electron chi connectivity index (χ1n) is 11.6. The van der Waals surface area contributed by atoms with Crippen molar-refractivity contribution in [3.63, 3.8) is 0 Å². The van der Waals surface area contributed by atoms with E-state index in [0.717, 1.165) is 5.92 Å². The van der Waals surface area contributed by atoms with Crippen LogP contribution >= 0.6 is 0 Å². The summed E-state index contributed by atoms with van der Waals surface area (Å²) in [6.45, 7) is 8.86. The zero-order valence-electron chi connectivity index (χ0n) is 17.4. The van der Waals surface area contributed by atoms with E-state index in [1.54, 1.807) is 0 Å². The maximum atomic E-state index is 4.28. The van der Waals surface area contributed by atoms with Gasteiger partial charge in [-0.25, -0.2) is 0 Å². The summed E-state index contributed by atoms with van der Waals surface area (Å²) in [4.78, 5) is 0. The minimum absolute atomic E-state index is 0.719. The van der Waals surface area contributed by atoms with Crippen LogP contribution in [0.2, 0.25) is 0 Å². The van der Waals surface area contributed by atoms with Gasteiger partial charge in [-0.15, -0.1) is 0 Å². The highest BCUT2D eigenvalue weighted by atomic mass is 14.1. The Morgan fingerprint density at radius 3 is 1.08 bits per heavy atom. The summed E-state index contributed by atoms with van der Waals surface area (Å²) in [6.07, 6.45) is 28.8. The second kappa shape index (κ2) is 21.0. The van der Waals surface area contributed by atoms with Gasteiger partial charge < -0.3 is 0 Å². The van der Waals surface area contributed by atoms with Gasteiger partial charge >= 0.3 is 0 Å². The molecular weight excluding hydrogens is 288 g/mol. The molecule has 0 bridgehead atoms. The molecule has 1 unspecified atom stereocenters. The smallest absolute Gasteiger partial charge is 0.0414 e. The van der Waals surface area contributed by atoms with Crippen LogP contribution in [0.25, 0.3) is 0 Å². The van der Waals surface area contributed by atoms with Crippen molar-refractivity contribution in [2.45, 2.75) is 142 Å². The van der Waals surface area contributed by atoms with Gasteiger partial charge in [-0.1, -0.05) is 149 Å². The van der Waals surface area contributed by atoms with Crippen LogP contribution in [0.5, 0.6) is 0 Å². The van der Waals surface area contributed by atoms with E-state index in [-0.39, 0.29) is 0 Å². The Balaban J connectivity index is 3.02. The number of hydrogen-bond acceptors (Lipinski definition) is 0. The van der Waals surface area contributed by atoms with Crippen LogP contribution in [0.4, 0.5) is 0 Å². The molecule has 145 valence electrons. The minimum Gasteiger partial charge on any atom is -0.0654 e. The fourth-order valence-corrected chi connectivity index (χ4v) is 3.62. The van der Waals surface area contributed by atoms with E-state index in [0.29, 0.717) is 0 Å². The van der Waals surface area contributed by atoms with Crippen LogP contribution in [0, 0.1) is 12.8 Å². The van der Waals surface area contributed by atoms with E-state index in [4.69, 9.17) is 0 Å². The molecule has 0 aromatic rings. The molecular formula is C24H49. The molecule has 0 heterocycles. The summed E-state index contributed by atoms with van der Waals surface area (Å²) in [5.74, 6) is 0.719. The highest BCUT2D eigenvalue weighted by Crippen LogP contribution is 2.17. The van der Waals surface area contributed by atoms with Crippen molar-refractivity contribution in [3.05, 3.63) is 6.92 Å². The van der Waals surface area contributed by atoms with Crippen LogP contribution in [0.3, 0.4) is 0 Å². The summed E-state index contributed by atoms with van der Waals surface area (Å²) in [5.41, 5.74) is 0. The molecule has 0 spiro atoms. The summed E-state index contributed by atoms with van der Waals surface area (Å²) in [7, 11) is 0. The predicted molar refractivity (Wildman–Crippen MR) is 113 cm³/mol. The standard InChI is InChI=1S/C24H49/c1-4-6-8-9-10-11-12-13-14-15-16-17-18-19-20-21-23-24(3)22-7-5-2/h24H,3-23H2,1-2H3. The van der Waals surface area contributed by atoms with Gasteiger partial charge in [-0.3, -0.25) is 0 Å². The molecule has 0 amide bonds. The van der Waals surface area contributed by atoms with E-state index in [9.17, 15) is 0 Å². The van der Waals surface area contributed by atoms with Crippen LogP contribution < -0.4 is 0 Å². The molecule has 0 aliphatic rings. The van der Waals surface area contributed by atoms with Gasteiger partial charge in [-0.2, -0.15) is 0 Å². The lowest BCUT2D eigenvalue weighted by molar-refractivity contribution is 0.472. The fraction of sp³-hybridized carbons (Fsp3) is 0.958. The van der Waals surface area contributed by atoms with E-state index in [1.165, 1.54) is 128 Å². The van der Waals surface area contributed by atoms with Gasteiger partial charge in [-0.05, 0) is 5.92 Å². The average molecular weight is 338 g/mol. The van der Waals surface area contributed by atoms with E-state index in [1.807, 2.05) is 0 Å². The Morgan fingerprint density at radius 1 is 0.417 bits per heavy atom. The molecule has 0 fully saturated rings. The zero-order valence-corrected chi connectivity index (χ0v) is 17.4. The van der Waals surface area contributed by atoms with Crippen molar-refractivity contribution in [3.8, 4) is 0 Å². The summed E-state index contributed by atoms with van der Waals surface area (Å²) in [5, 5.41) is 0. The molecule has 0 saturated heterocycles. The Labute approximate surface area is 155 Å². The Bertz CT molecular complexity index is 208. The summed E-state index contributed by atoms with van der Waals surface area (Å²) < 4.78 is 0. The first-order valence-corrected chi connectivity index (χ1v) is 11.6. The first-order chi connectivity index (χ1) is 11.8. The highest BCUT2D eigenvalue weighted by Gasteiger charge is 2.01. The Kier molecular flexibility index (Phi) is 21.0. The van der Waals surface area contributed by atoms with Gasteiger partial charge in [0.1, 0.15) is 0 Å².